The van der Waals surface area contributed by atoms with E-state index in [9.17, 15) is 4.79 Å². The second kappa shape index (κ2) is 13.4. The molecular formula is C23H33NO4. The first-order valence-corrected chi connectivity index (χ1v) is 9.10. The number of allylic oxidation sites excluding steroid dienone is 1. The molecule has 5 heteroatoms. The van der Waals surface area contributed by atoms with Crippen LogP contribution in [-0.4, -0.2) is 36.4 Å². The molecule has 0 saturated heterocycles. The van der Waals surface area contributed by atoms with Crippen LogP contribution in [0.1, 0.15) is 33.3 Å². The average Bonchev–Trinajstić information content (AvgIpc) is 2.63. The summed E-state index contributed by atoms with van der Waals surface area (Å²) in [7, 11) is 0. The molecule has 154 valence electrons. The van der Waals surface area contributed by atoms with Crippen LogP contribution in [0.25, 0.3) is 5.57 Å². The molecule has 0 amide bonds. The largest absolute Gasteiger partial charge is 0.494 e. The molecule has 1 aliphatic rings. The summed E-state index contributed by atoms with van der Waals surface area (Å²) in [5.41, 5.74) is 3.77. The van der Waals surface area contributed by atoms with Gasteiger partial charge in [0.15, 0.2) is 0 Å². The van der Waals surface area contributed by atoms with Gasteiger partial charge >= 0.3 is 5.97 Å². The number of anilines is 1. The second-order valence-electron chi connectivity index (χ2n) is 6.47. The molecule has 5 nitrogen and oxygen atoms in total. The lowest BCUT2D eigenvalue weighted by Gasteiger charge is -2.31. The fourth-order valence-corrected chi connectivity index (χ4v) is 2.45. The van der Waals surface area contributed by atoms with Crippen molar-refractivity contribution < 1.29 is 19.4 Å². The Morgan fingerprint density at radius 1 is 1.21 bits per heavy atom. The van der Waals surface area contributed by atoms with Gasteiger partial charge in [-0.15, -0.1) is 13.2 Å². The van der Waals surface area contributed by atoms with E-state index in [1.54, 1.807) is 12.2 Å². The van der Waals surface area contributed by atoms with Crippen molar-refractivity contribution >= 4 is 17.2 Å². The van der Waals surface area contributed by atoms with Gasteiger partial charge in [-0.25, -0.2) is 4.79 Å². The first kappa shape index (κ1) is 25.2. The van der Waals surface area contributed by atoms with E-state index >= 15 is 0 Å². The van der Waals surface area contributed by atoms with Gasteiger partial charge < -0.3 is 19.9 Å². The number of aliphatic carboxylic acids is 1. The number of nitrogens with one attached hydrogen (secondary N) is 1. The molecule has 0 bridgehead atoms. The fraction of sp³-hybridized carbons (Fsp3) is 0.348. The molecule has 0 atom stereocenters. The Bertz CT molecular complexity index is 682. The average molecular weight is 388 g/mol. The van der Waals surface area contributed by atoms with Crippen molar-refractivity contribution in [2.24, 2.45) is 0 Å². The number of carbonyl (C=O) groups is 1. The van der Waals surface area contributed by atoms with Gasteiger partial charge in [0.1, 0.15) is 5.75 Å². The SMILES string of the molecule is C=CC(=O)O.C=CCOCC=C.CCOc1ccc2c(c1)C(C)=CC(C)(C)N2. The van der Waals surface area contributed by atoms with E-state index in [-0.39, 0.29) is 5.54 Å². The number of benzene rings is 1. The Morgan fingerprint density at radius 2 is 1.79 bits per heavy atom. The molecule has 0 spiro atoms. The van der Waals surface area contributed by atoms with Gasteiger partial charge in [0.25, 0.3) is 0 Å². The van der Waals surface area contributed by atoms with Crippen LogP contribution >= 0.6 is 0 Å². The number of fused-ring (bicyclic) bond motifs is 1. The summed E-state index contributed by atoms with van der Waals surface area (Å²) in [6.07, 6.45) is 6.51. The van der Waals surface area contributed by atoms with E-state index in [4.69, 9.17) is 14.6 Å². The topological polar surface area (TPSA) is 67.8 Å². The van der Waals surface area contributed by atoms with Crippen molar-refractivity contribution in [3.05, 3.63) is 67.8 Å². The van der Waals surface area contributed by atoms with Crippen molar-refractivity contribution in [2.75, 3.05) is 25.1 Å². The molecule has 1 aromatic carbocycles. The minimum atomic E-state index is -0.981. The maximum absolute atomic E-state index is 9.25. The number of ether oxygens (including phenoxy) is 2. The summed E-state index contributed by atoms with van der Waals surface area (Å²) in [5.74, 6) is -0.0412. The highest BCUT2D eigenvalue weighted by Gasteiger charge is 2.22. The molecular weight excluding hydrogens is 354 g/mol. The molecule has 1 aromatic rings. The normalized spacial score (nSPS) is 12.9. The van der Waals surface area contributed by atoms with Crippen molar-refractivity contribution in [2.45, 2.75) is 33.2 Å². The van der Waals surface area contributed by atoms with Crippen LogP contribution < -0.4 is 10.1 Å². The number of carboxylic acid groups (broad SMARTS) is 1. The number of hydrogen-bond donors (Lipinski definition) is 2. The van der Waals surface area contributed by atoms with Gasteiger partial charge in [-0.1, -0.05) is 24.8 Å². The quantitative estimate of drug-likeness (QED) is 0.376. The van der Waals surface area contributed by atoms with Crippen molar-refractivity contribution in [1.29, 1.82) is 0 Å². The highest BCUT2D eigenvalue weighted by atomic mass is 16.5. The molecule has 0 fully saturated rings. The third-order valence-corrected chi connectivity index (χ3v) is 3.41. The summed E-state index contributed by atoms with van der Waals surface area (Å²) >= 11 is 0. The van der Waals surface area contributed by atoms with Gasteiger partial charge in [-0.2, -0.15) is 0 Å². The lowest BCUT2D eigenvalue weighted by molar-refractivity contribution is -0.131. The zero-order valence-electron chi connectivity index (χ0n) is 17.5. The van der Waals surface area contributed by atoms with Crippen LogP contribution in [0.3, 0.4) is 0 Å². The lowest BCUT2D eigenvalue weighted by atomic mass is 9.91. The summed E-state index contributed by atoms with van der Waals surface area (Å²) < 4.78 is 10.4. The van der Waals surface area contributed by atoms with Crippen LogP contribution in [0.4, 0.5) is 5.69 Å². The molecule has 1 aliphatic heterocycles. The van der Waals surface area contributed by atoms with Crippen molar-refractivity contribution in [3.63, 3.8) is 0 Å². The maximum atomic E-state index is 9.25. The third kappa shape index (κ3) is 10.4. The Morgan fingerprint density at radius 3 is 2.25 bits per heavy atom. The van der Waals surface area contributed by atoms with E-state index in [0.717, 1.165) is 11.8 Å². The fourth-order valence-electron chi connectivity index (χ4n) is 2.45. The second-order valence-corrected chi connectivity index (χ2v) is 6.47. The third-order valence-electron chi connectivity index (χ3n) is 3.41. The summed E-state index contributed by atoms with van der Waals surface area (Å²) in [6, 6.07) is 6.22. The number of hydrogen-bond acceptors (Lipinski definition) is 4. The Labute approximate surface area is 169 Å². The molecule has 0 aromatic heterocycles. The molecule has 0 unspecified atom stereocenters. The van der Waals surface area contributed by atoms with Gasteiger partial charge in [0.2, 0.25) is 0 Å². The van der Waals surface area contributed by atoms with Crippen LogP contribution in [0.5, 0.6) is 5.75 Å². The van der Waals surface area contributed by atoms with Gasteiger partial charge in [-0.3, -0.25) is 0 Å². The van der Waals surface area contributed by atoms with E-state index in [2.05, 4.69) is 64.0 Å². The highest BCUT2D eigenvalue weighted by molar-refractivity contribution is 5.81. The van der Waals surface area contributed by atoms with Crippen LogP contribution in [-0.2, 0) is 9.53 Å². The predicted octanol–water partition coefficient (Wildman–Crippen LogP) is 5.32. The number of carboxylic acids is 1. The molecule has 0 saturated carbocycles. The molecule has 2 rings (SSSR count). The number of rotatable bonds is 7. The van der Waals surface area contributed by atoms with Crippen LogP contribution in [0.15, 0.2) is 62.2 Å². The van der Waals surface area contributed by atoms with Gasteiger partial charge in [0.05, 0.1) is 25.4 Å². The van der Waals surface area contributed by atoms with E-state index in [1.165, 1.54) is 16.8 Å². The van der Waals surface area contributed by atoms with Crippen LogP contribution in [0, 0.1) is 0 Å². The zero-order chi connectivity index (χ0) is 21.6. The van der Waals surface area contributed by atoms with Crippen LogP contribution in [0.2, 0.25) is 0 Å². The van der Waals surface area contributed by atoms with E-state index < -0.39 is 5.97 Å². The molecule has 0 radical (unpaired) electrons. The first-order chi connectivity index (χ1) is 13.2. The summed E-state index contributed by atoms with van der Waals surface area (Å²) in [5, 5.41) is 11.1. The molecule has 28 heavy (non-hydrogen) atoms. The van der Waals surface area contributed by atoms with Gasteiger partial charge in [0, 0.05) is 17.3 Å². The lowest BCUT2D eigenvalue weighted by Crippen LogP contribution is -2.31. The van der Waals surface area contributed by atoms with Crippen molar-refractivity contribution in [3.8, 4) is 5.75 Å². The molecule has 1 heterocycles. The maximum Gasteiger partial charge on any atom is 0.327 e. The summed E-state index contributed by atoms with van der Waals surface area (Å²) in [6.45, 7) is 20.4. The Kier molecular flexibility index (Phi) is 12.1. The monoisotopic (exact) mass is 387 g/mol. The predicted molar refractivity (Wildman–Crippen MR) is 118 cm³/mol. The smallest absolute Gasteiger partial charge is 0.327 e. The first-order valence-electron chi connectivity index (χ1n) is 9.10. The minimum Gasteiger partial charge on any atom is -0.494 e. The Balaban J connectivity index is 0.000000507. The van der Waals surface area contributed by atoms with Gasteiger partial charge in [-0.05, 0) is 51.5 Å². The standard InChI is InChI=1S/C14H19NO.C6H10O.C3H4O2/c1-5-16-11-6-7-13-12(8-11)10(2)9-14(3,4)15-13;1-3-5-7-6-4-2;1-2-3(4)5/h6-9,15H,5H2,1-4H3;3-4H,1-2,5-6H2;2H,1H2,(H,4,5). The van der Waals surface area contributed by atoms with Crippen molar-refractivity contribution in [1.82, 2.24) is 0 Å². The van der Waals surface area contributed by atoms with E-state index in [0.29, 0.717) is 19.8 Å². The Hall–Kier alpha value is -2.79. The summed E-state index contributed by atoms with van der Waals surface area (Å²) in [4.78, 5) is 9.25. The molecule has 0 aliphatic carbocycles. The highest BCUT2D eigenvalue weighted by Crippen LogP contribution is 2.35. The van der Waals surface area contributed by atoms with E-state index in [1.807, 2.05) is 13.0 Å². The molecule has 2 N–H and O–H groups in total. The minimum absolute atomic E-state index is 0.0320. The zero-order valence-corrected chi connectivity index (χ0v) is 17.5.